The predicted molar refractivity (Wildman–Crippen MR) is 66.5 cm³/mol. The summed E-state index contributed by atoms with van der Waals surface area (Å²) >= 11 is 0. The van der Waals surface area contributed by atoms with Crippen molar-refractivity contribution in [3.63, 3.8) is 0 Å². The minimum Gasteiger partial charge on any atom is -0.309 e. The standard InChI is InChI=1S/C14H18FNO/c1-9(2)13-6-7-14(17)16(13)11-4-5-12(15)10(3)8-11/h4-5,8-9,13H,6-7H2,1-3H3. The highest BCUT2D eigenvalue weighted by atomic mass is 19.1. The number of rotatable bonds is 2. The van der Waals surface area contributed by atoms with Gasteiger partial charge in [-0.25, -0.2) is 4.39 Å². The first kappa shape index (κ1) is 12.1. The second kappa shape index (κ2) is 4.47. The number of anilines is 1. The molecule has 1 fully saturated rings. The van der Waals surface area contributed by atoms with Crippen molar-refractivity contribution in [3.05, 3.63) is 29.6 Å². The van der Waals surface area contributed by atoms with Crippen molar-refractivity contribution in [1.82, 2.24) is 0 Å². The van der Waals surface area contributed by atoms with E-state index in [4.69, 9.17) is 0 Å². The Morgan fingerprint density at radius 3 is 2.71 bits per heavy atom. The lowest BCUT2D eigenvalue weighted by molar-refractivity contribution is -0.117. The Balaban J connectivity index is 2.36. The minimum absolute atomic E-state index is 0.148. The maximum absolute atomic E-state index is 13.2. The molecule has 0 aromatic heterocycles. The maximum Gasteiger partial charge on any atom is 0.227 e. The number of hydrogen-bond donors (Lipinski definition) is 0. The molecule has 92 valence electrons. The fraction of sp³-hybridized carbons (Fsp3) is 0.500. The molecular weight excluding hydrogens is 217 g/mol. The molecule has 1 heterocycles. The highest BCUT2D eigenvalue weighted by Gasteiger charge is 2.33. The van der Waals surface area contributed by atoms with Crippen LogP contribution in [0.5, 0.6) is 0 Å². The van der Waals surface area contributed by atoms with Gasteiger partial charge in [0, 0.05) is 18.2 Å². The number of carbonyl (C=O) groups is 1. The van der Waals surface area contributed by atoms with Crippen molar-refractivity contribution in [1.29, 1.82) is 0 Å². The smallest absolute Gasteiger partial charge is 0.227 e. The Morgan fingerprint density at radius 2 is 2.12 bits per heavy atom. The van der Waals surface area contributed by atoms with Crippen LogP contribution in [0.15, 0.2) is 18.2 Å². The van der Waals surface area contributed by atoms with Gasteiger partial charge in [0.2, 0.25) is 5.91 Å². The fourth-order valence-corrected chi connectivity index (χ4v) is 2.45. The molecule has 0 saturated carbocycles. The van der Waals surface area contributed by atoms with Crippen LogP contribution in [0.1, 0.15) is 32.3 Å². The van der Waals surface area contributed by atoms with Crippen molar-refractivity contribution in [3.8, 4) is 0 Å². The summed E-state index contributed by atoms with van der Waals surface area (Å²) in [5.41, 5.74) is 1.41. The molecule has 17 heavy (non-hydrogen) atoms. The third kappa shape index (κ3) is 2.19. The first-order valence-electron chi connectivity index (χ1n) is 6.09. The van der Waals surface area contributed by atoms with Crippen molar-refractivity contribution >= 4 is 11.6 Å². The van der Waals surface area contributed by atoms with Gasteiger partial charge in [0.05, 0.1) is 0 Å². The van der Waals surface area contributed by atoms with Gasteiger partial charge in [0.1, 0.15) is 5.82 Å². The van der Waals surface area contributed by atoms with Crippen LogP contribution < -0.4 is 4.90 Å². The van der Waals surface area contributed by atoms with Crippen LogP contribution in [0, 0.1) is 18.7 Å². The van der Waals surface area contributed by atoms with E-state index in [1.54, 1.807) is 19.1 Å². The average molecular weight is 235 g/mol. The average Bonchev–Trinajstić information content (AvgIpc) is 2.64. The van der Waals surface area contributed by atoms with E-state index in [1.165, 1.54) is 6.07 Å². The molecule has 1 aromatic rings. The van der Waals surface area contributed by atoms with Crippen LogP contribution in [-0.4, -0.2) is 11.9 Å². The number of carbonyl (C=O) groups excluding carboxylic acids is 1. The summed E-state index contributed by atoms with van der Waals surface area (Å²) in [4.78, 5) is 13.7. The van der Waals surface area contributed by atoms with Gasteiger partial charge in [-0.3, -0.25) is 4.79 Å². The number of hydrogen-bond acceptors (Lipinski definition) is 1. The van der Waals surface area contributed by atoms with E-state index in [0.717, 1.165) is 12.1 Å². The molecule has 0 aliphatic carbocycles. The van der Waals surface area contributed by atoms with Crippen LogP contribution >= 0.6 is 0 Å². The molecule has 1 unspecified atom stereocenters. The summed E-state index contributed by atoms with van der Waals surface area (Å²) in [6, 6.07) is 5.13. The first-order valence-corrected chi connectivity index (χ1v) is 6.09. The van der Waals surface area contributed by atoms with E-state index in [1.807, 2.05) is 4.90 Å². The largest absolute Gasteiger partial charge is 0.309 e. The number of halogens is 1. The zero-order valence-corrected chi connectivity index (χ0v) is 10.5. The summed E-state index contributed by atoms with van der Waals surface area (Å²) < 4.78 is 13.2. The lowest BCUT2D eigenvalue weighted by Gasteiger charge is -2.28. The van der Waals surface area contributed by atoms with Crippen molar-refractivity contribution < 1.29 is 9.18 Å². The molecule has 0 radical (unpaired) electrons. The van der Waals surface area contributed by atoms with Crippen LogP contribution in [-0.2, 0) is 4.79 Å². The monoisotopic (exact) mass is 235 g/mol. The lowest BCUT2D eigenvalue weighted by atomic mass is 10.0. The molecule has 0 bridgehead atoms. The van der Waals surface area contributed by atoms with Gasteiger partial charge in [-0.15, -0.1) is 0 Å². The Kier molecular flexibility index (Phi) is 3.18. The quantitative estimate of drug-likeness (QED) is 0.770. The molecule has 0 N–H and O–H groups in total. The van der Waals surface area contributed by atoms with Crippen molar-refractivity contribution in [2.75, 3.05) is 4.90 Å². The molecule has 1 aliphatic rings. The van der Waals surface area contributed by atoms with E-state index in [-0.39, 0.29) is 17.8 Å². The van der Waals surface area contributed by atoms with Gasteiger partial charge in [0.25, 0.3) is 0 Å². The van der Waals surface area contributed by atoms with Crippen LogP contribution in [0.2, 0.25) is 0 Å². The number of amides is 1. The lowest BCUT2D eigenvalue weighted by Crippen LogP contribution is -2.36. The van der Waals surface area contributed by atoms with Gasteiger partial charge < -0.3 is 4.90 Å². The Bertz CT molecular complexity index is 442. The number of nitrogens with zero attached hydrogens (tertiary/aromatic N) is 1. The van der Waals surface area contributed by atoms with Crippen LogP contribution in [0.3, 0.4) is 0 Å². The van der Waals surface area contributed by atoms with Gasteiger partial charge >= 0.3 is 0 Å². The SMILES string of the molecule is Cc1cc(N2C(=O)CCC2C(C)C)ccc1F. The van der Waals surface area contributed by atoms with E-state index < -0.39 is 0 Å². The minimum atomic E-state index is -0.221. The van der Waals surface area contributed by atoms with Gasteiger partial charge in [0.15, 0.2) is 0 Å². The summed E-state index contributed by atoms with van der Waals surface area (Å²) in [6.07, 6.45) is 1.49. The molecule has 1 aromatic carbocycles. The normalized spacial score (nSPS) is 20.4. The molecule has 2 nitrogen and oxygen atoms in total. The predicted octanol–water partition coefficient (Wildman–Crippen LogP) is 3.29. The summed E-state index contributed by atoms with van der Waals surface area (Å²) in [5.74, 6) is 0.350. The van der Waals surface area contributed by atoms with Gasteiger partial charge in [-0.1, -0.05) is 13.8 Å². The molecule has 1 atom stereocenters. The van der Waals surface area contributed by atoms with E-state index in [9.17, 15) is 9.18 Å². The fourth-order valence-electron chi connectivity index (χ4n) is 2.45. The van der Waals surface area contributed by atoms with Crippen LogP contribution in [0.4, 0.5) is 10.1 Å². The summed E-state index contributed by atoms with van der Waals surface area (Å²) in [5, 5.41) is 0. The molecule has 1 saturated heterocycles. The molecule has 3 heteroatoms. The highest BCUT2D eigenvalue weighted by molar-refractivity contribution is 5.96. The Morgan fingerprint density at radius 1 is 1.41 bits per heavy atom. The second-order valence-electron chi connectivity index (χ2n) is 5.05. The number of benzene rings is 1. The third-order valence-electron chi connectivity index (χ3n) is 3.44. The molecule has 2 rings (SSSR count). The Labute approximate surface area is 101 Å². The summed E-state index contributed by atoms with van der Waals surface area (Å²) in [6.45, 7) is 5.96. The molecule has 1 aliphatic heterocycles. The van der Waals surface area contributed by atoms with E-state index >= 15 is 0 Å². The summed E-state index contributed by atoms with van der Waals surface area (Å²) in [7, 11) is 0. The maximum atomic E-state index is 13.2. The topological polar surface area (TPSA) is 20.3 Å². The Hall–Kier alpha value is -1.38. The van der Waals surface area contributed by atoms with E-state index in [2.05, 4.69) is 13.8 Å². The molecular formula is C14H18FNO. The highest BCUT2D eigenvalue weighted by Crippen LogP contribution is 2.31. The van der Waals surface area contributed by atoms with Gasteiger partial charge in [-0.05, 0) is 43.0 Å². The number of aryl methyl sites for hydroxylation is 1. The zero-order chi connectivity index (χ0) is 12.6. The first-order chi connectivity index (χ1) is 8.00. The van der Waals surface area contributed by atoms with E-state index in [0.29, 0.717) is 17.9 Å². The zero-order valence-electron chi connectivity index (χ0n) is 10.5. The van der Waals surface area contributed by atoms with Crippen molar-refractivity contribution in [2.45, 2.75) is 39.7 Å². The van der Waals surface area contributed by atoms with Crippen molar-refractivity contribution in [2.24, 2.45) is 5.92 Å². The van der Waals surface area contributed by atoms with Gasteiger partial charge in [-0.2, -0.15) is 0 Å². The second-order valence-corrected chi connectivity index (χ2v) is 5.05. The molecule has 0 spiro atoms. The third-order valence-corrected chi connectivity index (χ3v) is 3.44. The van der Waals surface area contributed by atoms with Crippen LogP contribution in [0.25, 0.3) is 0 Å². The molecule has 1 amide bonds.